The van der Waals surface area contributed by atoms with Crippen molar-refractivity contribution in [1.82, 2.24) is 5.06 Å². The molecule has 1 atom stereocenters. The van der Waals surface area contributed by atoms with Gasteiger partial charge in [-0.3, -0.25) is 9.59 Å². The molecule has 1 aliphatic rings. The van der Waals surface area contributed by atoms with Crippen LogP contribution >= 0.6 is 0 Å². The minimum atomic E-state index is -0.363. The summed E-state index contributed by atoms with van der Waals surface area (Å²) in [4.78, 5) is 30.3. The topological polar surface area (TPSA) is 55.8 Å². The lowest BCUT2D eigenvalue weighted by molar-refractivity contribution is -0.162. The number of hydrogen-bond acceptors (Lipinski definition) is 5. The maximum Gasteiger partial charge on any atom is 0.309 e. The van der Waals surface area contributed by atoms with Crippen molar-refractivity contribution in [2.75, 3.05) is 27.3 Å². The SMILES string of the molecule is COC(=O)C(CC(=O)Cc1c(C)cc(C)cc1C)C1CCN(OC)CC1. The Labute approximate surface area is 156 Å². The number of rotatable bonds is 7. The number of carbonyl (C=O) groups is 2. The van der Waals surface area contributed by atoms with Gasteiger partial charge >= 0.3 is 5.97 Å². The molecule has 1 unspecified atom stereocenters. The number of ether oxygens (including phenoxy) is 1. The van der Waals surface area contributed by atoms with Gasteiger partial charge in [-0.25, -0.2) is 0 Å². The van der Waals surface area contributed by atoms with E-state index in [2.05, 4.69) is 19.1 Å². The highest BCUT2D eigenvalue weighted by Crippen LogP contribution is 2.29. The van der Waals surface area contributed by atoms with Crippen molar-refractivity contribution in [2.45, 2.75) is 46.5 Å². The summed E-state index contributed by atoms with van der Waals surface area (Å²) in [7, 11) is 3.06. The minimum absolute atomic E-state index is 0.102. The number of piperidine rings is 1. The van der Waals surface area contributed by atoms with Crippen molar-refractivity contribution in [3.63, 3.8) is 0 Å². The van der Waals surface area contributed by atoms with Crippen molar-refractivity contribution in [3.05, 3.63) is 34.4 Å². The first kappa shape index (κ1) is 20.6. The van der Waals surface area contributed by atoms with Gasteiger partial charge in [-0.15, -0.1) is 0 Å². The van der Waals surface area contributed by atoms with Gasteiger partial charge in [0, 0.05) is 25.9 Å². The molecule has 0 aliphatic carbocycles. The van der Waals surface area contributed by atoms with Gasteiger partial charge in [0.05, 0.1) is 20.1 Å². The van der Waals surface area contributed by atoms with Gasteiger partial charge in [-0.2, -0.15) is 5.06 Å². The van der Waals surface area contributed by atoms with E-state index < -0.39 is 0 Å². The fraction of sp³-hybridized carbons (Fsp3) is 0.619. The summed E-state index contributed by atoms with van der Waals surface area (Å²) in [5.74, 6) is -0.369. The Kier molecular flexibility index (Phi) is 7.35. The Balaban J connectivity index is 2.06. The number of hydrogen-bond donors (Lipinski definition) is 0. The normalized spacial score (nSPS) is 17.1. The van der Waals surface area contributed by atoms with Gasteiger partial charge in [-0.1, -0.05) is 17.7 Å². The Bertz CT molecular complexity index is 624. The van der Waals surface area contributed by atoms with Crippen LogP contribution in [0, 0.1) is 32.6 Å². The van der Waals surface area contributed by atoms with Gasteiger partial charge in [-0.05, 0) is 56.2 Å². The van der Waals surface area contributed by atoms with Crippen LogP contribution < -0.4 is 0 Å². The van der Waals surface area contributed by atoms with Crippen LogP contribution in [0.25, 0.3) is 0 Å². The van der Waals surface area contributed by atoms with E-state index in [0.717, 1.165) is 42.6 Å². The molecule has 1 aliphatic heterocycles. The highest BCUT2D eigenvalue weighted by atomic mass is 16.7. The molecule has 2 rings (SSSR count). The van der Waals surface area contributed by atoms with Crippen molar-refractivity contribution in [3.8, 4) is 0 Å². The second kappa shape index (κ2) is 9.28. The van der Waals surface area contributed by atoms with Gasteiger partial charge < -0.3 is 9.57 Å². The third-order valence-corrected chi connectivity index (χ3v) is 5.49. The predicted octanol–water partition coefficient (Wildman–Crippen LogP) is 3.18. The Hall–Kier alpha value is -1.72. The standard InChI is InChI=1S/C21H31NO4/c1-14-10-15(2)19(16(3)11-14)12-18(23)13-20(21(24)25-4)17-6-8-22(26-5)9-7-17/h10-11,17,20H,6-9,12-13H2,1-5H3. The van der Waals surface area contributed by atoms with Gasteiger partial charge in [0.1, 0.15) is 5.78 Å². The fourth-order valence-corrected chi connectivity index (χ4v) is 4.06. The molecule has 0 radical (unpaired) electrons. The summed E-state index contributed by atoms with van der Waals surface area (Å²) < 4.78 is 5.00. The lowest BCUT2D eigenvalue weighted by Gasteiger charge is -2.33. The highest BCUT2D eigenvalue weighted by Gasteiger charge is 2.34. The zero-order valence-electron chi connectivity index (χ0n) is 16.6. The average molecular weight is 361 g/mol. The highest BCUT2D eigenvalue weighted by molar-refractivity contribution is 5.86. The maximum atomic E-state index is 12.8. The number of nitrogens with zero attached hydrogens (tertiary/aromatic N) is 1. The maximum absolute atomic E-state index is 12.8. The molecule has 0 aromatic heterocycles. The van der Waals surface area contributed by atoms with E-state index >= 15 is 0 Å². The Morgan fingerprint density at radius 3 is 2.19 bits per heavy atom. The summed E-state index contributed by atoms with van der Waals surface area (Å²) in [6, 6.07) is 4.21. The van der Waals surface area contributed by atoms with Crippen LogP contribution in [0.3, 0.4) is 0 Å². The van der Waals surface area contributed by atoms with Crippen LogP contribution in [0.5, 0.6) is 0 Å². The van der Waals surface area contributed by atoms with E-state index in [1.54, 1.807) is 7.11 Å². The molecule has 1 heterocycles. The quantitative estimate of drug-likeness (QED) is 0.698. The van der Waals surface area contributed by atoms with E-state index in [0.29, 0.717) is 6.42 Å². The number of carbonyl (C=O) groups excluding carboxylic acids is 2. The first-order valence-electron chi connectivity index (χ1n) is 9.31. The molecule has 1 aromatic carbocycles. The molecule has 1 fully saturated rings. The van der Waals surface area contributed by atoms with Gasteiger partial charge in [0.25, 0.3) is 0 Å². The summed E-state index contributed by atoms with van der Waals surface area (Å²) in [5, 5.41) is 1.89. The van der Waals surface area contributed by atoms with Crippen molar-refractivity contribution in [1.29, 1.82) is 0 Å². The number of ketones is 1. The van der Waals surface area contributed by atoms with Crippen LogP contribution in [0.4, 0.5) is 0 Å². The molecular weight excluding hydrogens is 330 g/mol. The van der Waals surface area contributed by atoms with Crippen LogP contribution in [0.2, 0.25) is 0 Å². The van der Waals surface area contributed by atoms with Crippen molar-refractivity contribution < 1.29 is 19.2 Å². The predicted molar refractivity (Wildman–Crippen MR) is 101 cm³/mol. The molecule has 0 spiro atoms. The zero-order chi connectivity index (χ0) is 19.3. The van der Waals surface area contributed by atoms with E-state index in [1.807, 2.05) is 18.9 Å². The monoisotopic (exact) mass is 361 g/mol. The third kappa shape index (κ3) is 5.15. The van der Waals surface area contributed by atoms with E-state index in [9.17, 15) is 9.59 Å². The molecule has 5 heteroatoms. The molecule has 144 valence electrons. The molecule has 0 saturated carbocycles. The second-order valence-electron chi connectivity index (χ2n) is 7.38. The van der Waals surface area contributed by atoms with E-state index in [-0.39, 0.29) is 30.0 Å². The summed E-state index contributed by atoms with van der Waals surface area (Å²) >= 11 is 0. The molecule has 0 N–H and O–H groups in total. The molecule has 1 saturated heterocycles. The summed E-state index contributed by atoms with van der Waals surface area (Å²) in [6.07, 6.45) is 2.30. The first-order valence-corrected chi connectivity index (χ1v) is 9.31. The largest absolute Gasteiger partial charge is 0.469 e. The molecule has 0 amide bonds. The molecule has 5 nitrogen and oxygen atoms in total. The van der Waals surface area contributed by atoms with Crippen LogP contribution in [0.15, 0.2) is 12.1 Å². The molecular formula is C21H31NO4. The number of aryl methyl sites for hydroxylation is 3. The average Bonchev–Trinajstić information content (AvgIpc) is 2.62. The Morgan fingerprint density at radius 1 is 1.12 bits per heavy atom. The van der Waals surface area contributed by atoms with Crippen molar-refractivity contribution >= 4 is 11.8 Å². The summed E-state index contributed by atoms with van der Waals surface area (Å²) in [5.41, 5.74) is 4.56. The van der Waals surface area contributed by atoms with Crippen LogP contribution in [0.1, 0.15) is 41.5 Å². The van der Waals surface area contributed by atoms with Gasteiger partial charge in [0.2, 0.25) is 0 Å². The van der Waals surface area contributed by atoms with Crippen LogP contribution in [-0.4, -0.2) is 44.1 Å². The number of hydroxylamine groups is 2. The molecule has 1 aromatic rings. The first-order chi connectivity index (χ1) is 12.3. The molecule has 26 heavy (non-hydrogen) atoms. The van der Waals surface area contributed by atoms with Crippen molar-refractivity contribution in [2.24, 2.45) is 11.8 Å². The fourth-order valence-electron chi connectivity index (χ4n) is 4.06. The van der Waals surface area contributed by atoms with E-state index in [4.69, 9.17) is 9.57 Å². The van der Waals surface area contributed by atoms with E-state index in [1.165, 1.54) is 12.7 Å². The smallest absolute Gasteiger partial charge is 0.309 e. The molecule has 0 bridgehead atoms. The number of benzene rings is 1. The number of esters is 1. The van der Waals surface area contributed by atoms with Crippen LogP contribution in [-0.2, 0) is 25.6 Å². The third-order valence-electron chi connectivity index (χ3n) is 5.49. The number of methoxy groups -OCH3 is 1. The number of Topliss-reactive ketones (excluding diaryl/α,β-unsaturated/α-hetero) is 1. The zero-order valence-corrected chi connectivity index (χ0v) is 16.6. The van der Waals surface area contributed by atoms with Gasteiger partial charge in [0.15, 0.2) is 0 Å². The minimum Gasteiger partial charge on any atom is -0.469 e. The lowest BCUT2D eigenvalue weighted by atomic mass is 9.80. The summed E-state index contributed by atoms with van der Waals surface area (Å²) in [6.45, 7) is 7.70. The lowest BCUT2D eigenvalue weighted by Crippen LogP contribution is -2.38. The second-order valence-corrected chi connectivity index (χ2v) is 7.38. The Morgan fingerprint density at radius 2 is 1.69 bits per heavy atom.